The molecule has 172 valence electrons. The van der Waals surface area contributed by atoms with E-state index in [2.05, 4.69) is 22.9 Å². The highest BCUT2D eigenvalue weighted by Crippen LogP contribution is 2.35. The summed E-state index contributed by atoms with van der Waals surface area (Å²) in [5, 5.41) is 0. The SMILES string of the molecule is CCCCCCCCCCCCCCCCCCSC1=C(Br)C(=O)C(C)=C(C)C1=O. The van der Waals surface area contributed by atoms with Gasteiger partial charge in [0.25, 0.3) is 0 Å². The maximum atomic E-state index is 12.4. The summed E-state index contributed by atoms with van der Waals surface area (Å²) < 4.78 is 0.456. The van der Waals surface area contributed by atoms with Crippen molar-refractivity contribution in [1.29, 1.82) is 0 Å². The van der Waals surface area contributed by atoms with E-state index in [1.807, 2.05) is 0 Å². The molecule has 0 heterocycles. The zero-order valence-corrected chi connectivity index (χ0v) is 22.0. The van der Waals surface area contributed by atoms with E-state index in [1.165, 1.54) is 108 Å². The summed E-state index contributed by atoms with van der Waals surface area (Å²) in [6, 6.07) is 0. The van der Waals surface area contributed by atoms with Crippen LogP contribution in [-0.4, -0.2) is 17.3 Å². The Morgan fingerprint density at radius 2 is 0.967 bits per heavy atom. The summed E-state index contributed by atoms with van der Waals surface area (Å²) in [5.41, 5.74) is 1.16. The molecule has 0 spiro atoms. The third-order valence-corrected chi connectivity index (χ3v) is 8.28. The van der Waals surface area contributed by atoms with Crippen molar-refractivity contribution < 1.29 is 9.59 Å². The Morgan fingerprint density at radius 3 is 1.40 bits per heavy atom. The average Bonchev–Trinajstić information content (AvgIpc) is 2.75. The molecule has 0 unspecified atom stereocenters. The van der Waals surface area contributed by atoms with Gasteiger partial charge in [0, 0.05) is 11.1 Å². The number of rotatable bonds is 18. The molecule has 0 saturated carbocycles. The second-order valence-corrected chi connectivity index (χ2v) is 10.6. The van der Waals surface area contributed by atoms with Crippen molar-refractivity contribution in [2.24, 2.45) is 0 Å². The van der Waals surface area contributed by atoms with E-state index in [9.17, 15) is 9.59 Å². The normalized spacial score (nSPS) is 14.9. The van der Waals surface area contributed by atoms with Crippen LogP contribution in [0.5, 0.6) is 0 Å². The minimum Gasteiger partial charge on any atom is -0.288 e. The third-order valence-electron chi connectivity index (χ3n) is 6.09. The quantitative estimate of drug-likeness (QED) is 0.139. The van der Waals surface area contributed by atoms with Crippen LogP contribution in [-0.2, 0) is 9.59 Å². The molecular weight excluding hydrogens is 456 g/mol. The summed E-state index contributed by atoms with van der Waals surface area (Å²) >= 11 is 4.87. The summed E-state index contributed by atoms with van der Waals surface area (Å²) in [6.07, 6.45) is 21.8. The Labute approximate surface area is 198 Å². The Kier molecular flexibility index (Phi) is 15.9. The Hall–Kier alpha value is -0.350. The topological polar surface area (TPSA) is 34.1 Å². The number of allylic oxidation sites excluding steroid dienone is 4. The summed E-state index contributed by atoms with van der Waals surface area (Å²) in [5.74, 6) is 0.885. The van der Waals surface area contributed by atoms with Crippen molar-refractivity contribution in [2.45, 2.75) is 124 Å². The van der Waals surface area contributed by atoms with E-state index in [1.54, 1.807) is 13.8 Å². The summed E-state index contributed by atoms with van der Waals surface area (Å²) in [7, 11) is 0. The number of thioether (sulfide) groups is 1. The van der Waals surface area contributed by atoms with Gasteiger partial charge >= 0.3 is 0 Å². The molecule has 0 aromatic carbocycles. The maximum absolute atomic E-state index is 12.4. The highest BCUT2D eigenvalue weighted by Gasteiger charge is 2.29. The fraction of sp³-hybridized carbons (Fsp3) is 0.769. The standard InChI is InChI=1S/C26H43BrO2S/c1-4-5-6-7-8-9-10-11-12-13-14-15-16-17-18-19-20-30-26-23(27)24(28)21(2)22(3)25(26)29/h4-20H2,1-3H3. The van der Waals surface area contributed by atoms with Crippen LogP contribution in [0, 0.1) is 0 Å². The van der Waals surface area contributed by atoms with Gasteiger partial charge in [0.1, 0.15) is 0 Å². The van der Waals surface area contributed by atoms with E-state index >= 15 is 0 Å². The van der Waals surface area contributed by atoms with E-state index < -0.39 is 0 Å². The summed E-state index contributed by atoms with van der Waals surface area (Å²) in [6.45, 7) is 5.76. The Bertz CT molecular complexity index is 592. The van der Waals surface area contributed by atoms with Crippen molar-refractivity contribution in [3.63, 3.8) is 0 Å². The predicted molar refractivity (Wildman–Crippen MR) is 136 cm³/mol. The highest BCUT2D eigenvalue weighted by molar-refractivity contribution is 9.12. The highest BCUT2D eigenvalue weighted by atomic mass is 79.9. The van der Waals surface area contributed by atoms with Gasteiger partial charge in [0.2, 0.25) is 0 Å². The van der Waals surface area contributed by atoms with Crippen LogP contribution in [0.25, 0.3) is 0 Å². The van der Waals surface area contributed by atoms with Gasteiger partial charge in [-0.2, -0.15) is 0 Å². The Morgan fingerprint density at radius 1 is 0.600 bits per heavy atom. The molecule has 0 N–H and O–H groups in total. The molecule has 0 aromatic heterocycles. The van der Waals surface area contributed by atoms with Gasteiger partial charge in [0.15, 0.2) is 11.6 Å². The number of ketones is 2. The zero-order valence-electron chi connectivity index (χ0n) is 19.6. The number of hydrogen-bond acceptors (Lipinski definition) is 3. The van der Waals surface area contributed by atoms with Gasteiger partial charge in [0.05, 0.1) is 9.39 Å². The van der Waals surface area contributed by atoms with E-state index in [0.29, 0.717) is 20.5 Å². The van der Waals surface area contributed by atoms with Crippen LogP contribution in [0.1, 0.15) is 124 Å². The number of carbonyl (C=O) groups excluding carboxylic acids is 2. The van der Waals surface area contributed by atoms with E-state index in [0.717, 1.165) is 12.2 Å². The molecule has 0 radical (unpaired) electrons. The molecule has 30 heavy (non-hydrogen) atoms. The van der Waals surface area contributed by atoms with Gasteiger partial charge in [-0.1, -0.05) is 103 Å². The first kappa shape index (κ1) is 27.7. The number of halogens is 1. The van der Waals surface area contributed by atoms with Crippen LogP contribution >= 0.6 is 27.7 Å². The molecule has 1 aliphatic carbocycles. The number of hydrogen-bond donors (Lipinski definition) is 0. The molecular formula is C26H43BrO2S. The van der Waals surface area contributed by atoms with Gasteiger partial charge in [-0.15, -0.1) is 11.8 Å². The lowest BCUT2D eigenvalue weighted by Crippen LogP contribution is -2.18. The average molecular weight is 500 g/mol. The van der Waals surface area contributed by atoms with Crippen LogP contribution in [0.15, 0.2) is 20.5 Å². The van der Waals surface area contributed by atoms with Crippen molar-refractivity contribution in [3.8, 4) is 0 Å². The Balaban J connectivity index is 1.93. The molecule has 0 amide bonds. The molecule has 1 aliphatic rings. The monoisotopic (exact) mass is 498 g/mol. The van der Waals surface area contributed by atoms with E-state index in [-0.39, 0.29) is 11.6 Å². The van der Waals surface area contributed by atoms with Crippen molar-refractivity contribution in [2.75, 3.05) is 5.75 Å². The fourth-order valence-corrected chi connectivity index (χ4v) is 5.71. The third kappa shape index (κ3) is 10.8. The molecule has 0 aliphatic heterocycles. The lowest BCUT2D eigenvalue weighted by atomic mass is 9.97. The minimum absolute atomic E-state index is 0.0143. The summed E-state index contributed by atoms with van der Waals surface area (Å²) in [4.78, 5) is 25.1. The minimum atomic E-state index is -0.0402. The molecule has 0 bridgehead atoms. The van der Waals surface area contributed by atoms with Gasteiger partial charge in [-0.3, -0.25) is 9.59 Å². The molecule has 4 heteroatoms. The molecule has 1 rings (SSSR count). The van der Waals surface area contributed by atoms with Gasteiger partial charge in [-0.05, 0) is 42.0 Å². The van der Waals surface area contributed by atoms with Gasteiger partial charge in [-0.25, -0.2) is 0 Å². The van der Waals surface area contributed by atoms with Crippen LogP contribution in [0.3, 0.4) is 0 Å². The molecule has 0 atom stereocenters. The fourth-order valence-electron chi connectivity index (χ4n) is 3.83. The molecule has 0 fully saturated rings. The molecule has 2 nitrogen and oxygen atoms in total. The molecule has 0 saturated heterocycles. The van der Waals surface area contributed by atoms with Crippen LogP contribution in [0.4, 0.5) is 0 Å². The first-order valence-corrected chi connectivity index (χ1v) is 14.1. The first-order chi connectivity index (χ1) is 14.5. The first-order valence-electron chi connectivity index (χ1n) is 12.3. The second kappa shape index (κ2) is 17.2. The number of unbranched alkanes of at least 4 members (excludes halogenated alkanes) is 15. The largest absolute Gasteiger partial charge is 0.288 e. The van der Waals surface area contributed by atoms with Gasteiger partial charge < -0.3 is 0 Å². The van der Waals surface area contributed by atoms with Crippen molar-refractivity contribution >= 4 is 39.3 Å². The van der Waals surface area contributed by atoms with Crippen molar-refractivity contribution in [1.82, 2.24) is 0 Å². The smallest absolute Gasteiger partial charge is 0.197 e. The number of carbonyl (C=O) groups is 2. The lowest BCUT2D eigenvalue weighted by Gasteiger charge is -2.16. The van der Waals surface area contributed by atoms with Crippen LogP contribution < -0.4 is 0 Å². The van der Waals surface area contributed by atoms with Crippen molar-refractivity contribution in [3.05, 3.63) is 20.5 Å². The lowest BCUT2D eigenvalue weighted by molar-refractivity contribution is -0.115. The number of Topliss-reactive ketones (excluding diaryl/α,β-unsaturated/α-hetero) is 2. The van der Waals surface area contributed by atoms with E-state index in [4.69, 9.17) is 0 Å². The predicted octanol–water partition coefficient (Wildman–Crippen LogP) is 9.08. The molecule has 0 aromatic rings. The maximum Gasteiger partial charge on any atom is 0.197 e. The van der Waals surface area contributed by atoms with Crippen LogP contribution in [0.2, 0.25) is 0 Å². The second-order valence-electron chi connectivity index (χ2n) is 8.70. The zero-order chi connectivity index (χ0) is 22.2.